The van der Waals surface area contributed by atoms with Crippen LogP contribution in [0.25, 0.3) is 6.08 Å². The highest BCUT2D eigenvalue weighted by molar-refractivity contribution is 8.19. The Morgan fingerprint density at radius 3 is 2.59 bits per heavy atom. The smallest absolute Gasteiger partial charge is 0.312 e. The molecule has 1 aromatic carbocycles. The number of esters is 1. The molecule has 2 saturated heterocycles. The molecular weight excluding hydrogens is 412 g/mol. The van der Waals surface area contributed by atoms with E-state index in [0.717, 1.165) is 23.5 Å². The molecule has 2 N–H and O–H groups in total. The van der Waals surface area contributed by atoms with Gasteiger partial charge in [0.15, 0.2) is 11.5 Å². The predicted octanol–water partition coefficient (Wildman–Crippen LogP) is 2.47. The summed E-state index contributed by atoms with van der Waals surface area (Å²) in [6, 6.07) is 4.83. The summed E-state index contributed by atoms with van der Waals surface area (Å²) in [4.78, 5) is 47.0. The molecule has 1 atom stereocenters. The van der Waals surface area contributed by atoms with Crippen molar-refractivity contribution in [3.8, 4) is 11.5 Å². The molecule has 0 spiro atoms. The lowest BCUT2D eigenvalue weighted by atomic mass is 10.2. The van der Waals surface area contributed by atoms with Crippen LogP contribution in [0.4, 0.5) is 9.59 Å². The van der Waals surface area contributed by atoms with Crippen molar-refractivity contribution in [1.82, 2.24) is 10.6 Å². The minimum Gasteiger partial charge on any atom is -0.493 e. The van der Waals surface area contributed by atoms with Crippen molar-refractivity contribution in [3.05, 3.63) is 28.7 Å². The Hall–Kier alpha value is -2.37. The summed E-state index contributed by atoms with van der Waals surface area (Å²) < 4.78 is 10.5. The number of benzene rings is 1. The predicted molar refractivity (Wildman–Crippen MR) is 105 cm³/mol. The monoisotopic (exact) mass is 424 g/mol. The Balaban J connectivity index is 1.71. The van der Waals surface area contributed by atoms with Crippen LogP contribution in [0.1, 0.15) is 12.0 Å². The van der Waals surface area contributed by atoms with Gasteiger partial charge >= 0.3 is 5.97 Å². The van der Waals surface area contributed by atoms with Crippen molar-refractivity contribution in [2.24, 2.45) is 0 Å². The van der Waals surface area contributed by atoms with Crippen LogP contribution in [0.15, 0.2) is 23.1 Å². The molecule has 0 radical (unpaired) electrons. The van der Waals surface area contributed by atoms with E-state index in [0.29, 0.717) is 21.2 Å². The van der Waals surface area contributed by atoms with Gasteiger partial charge in [-0.1, -0.05) is 30.0 Å². The van der Waals surface area contributed by atoms with E-state index in [1.807, 2.05) is 0 Å². The van der Waals surface area contributed by atoms with Crippen LogP contribution in [0.3, 0.4) is 0 Å². The first-order valence-electron chi connectivity index (χ1n) is 7.51. The highest BCUT2D eigenvalue weighted by atomic mass is 32.2. The fourth-order valence-electron chi connectivity index (χ4n) is 2.27. The second-order valence-corrected chi connectivity index (χ2v) is 7.92. The van der Waals surface area contributed by atoms with Gasteiger partial charge in [0, 0.05) is 0 Å². The number of methoxy groups -OCH3 is 1. The lowest BCUT2D eigenvalue weighted by Gasteiger charge is -2.11. The van der Waals surface area contributed by atoms with Crippen LogP contribution in [-0.4, -0.2) is 39.7 Å². The van der Waals surface area contributed by atoms with Gasteiger partial charge in [0.1, 0.15) is 10.2 Å². The highest BCUT2D eigenvalue weighted by Gasteiger charge is 2.34. The number of rotatable bonds is 5. The molecule has 2 aliphatic heterocycles. The SMILES string of the molecule is COc1cc(/C=C2\SC(=O)NC2=S)ccc1OC(=O)CC1SC(=O)NC1=O. The van der Waals surface area contributed by atoms with E-state index in [9.17, 15) is 19.2 Å². The van der Waals surface area contributed by atoms with Gasteiger partial charge in [0.05, 0.1) is 18.4 Å². The molecular formula is C16H12N2O6S3. The van der Waals surface area contributed by atoms with E-state index >= 15 is 0 Å². The Morgan fingerprint density at radius 2 is 2.00 bits per heavy atom. The van der Waals surface area contributed by atoms with Crippen molar-refractivity contribution in [1.29, 1.82) is 0 Å². The zero-order chi connectivity index (χ0) is 19.6. The van der Waals surface area contributed by atoms with E-state index in [1.165, 1.54) is 13.2 Å². The molecule has 0 aliphatic carbocycles. The van der Waals surface area contributed by atoms with Crippen molar-refractivity contribution in [2.45, 2.75) is 11.7 Å². The maximum atomic E-state index is 12.1. The zero-order valence-corrected chi connectivity index (χ0v) is 16.2. The third-order valence-electron chi connectivity index (χ3n) is 3.47. The molecule has 140 valence electrons. The summed E-state index contributed by atoms with van der Waals surface area (Å²) in [6.07, 6.45) is 1.47. The molecule has 1 aromatic rings. The van der Waals surface area contributed by atoms with Gasteiger partial charge < -0.3 is 14.8 Å². The number of carbonyl (C=O) groups excluding carboxylic acids is 4. The van der Waals surface area contributed by atoms with Gasteiger partial charge in [0.2, 0.25) is 5.91 Å². The summed E-state index contributed by atoms with van der Waals surface area (Å²) in [6.45, 7) is 0. The van der Waals surface area contributed by atoms with Crippen molar-refractivity contribution in [2.75, 3.05) is 7.11 Å². The molecule has 2 aliphatic rings. The van der Waals surface area contributed by atoms with Crippen molar-refractivity contribution >= 4 is 69.2 Å². The normalized spacial score (nSPS) is 20.6. The van der Waals surface area contributed by atoms with Crippen molar-refractivity contribution in [3.63, 3.8) is 0 Å². The minimum absolute atomic E-state index is 0.176. The third kappa shape index (κ3) is 4.67. The lowest BCUT2D eigenvalue weighted by Crippen LogP contribution is -2.27. The molecule has 11 heteroatoms. The largest absolute Gasteiger partial charge is 0.493 e. The summed E-state index contributed by atoms with van der Waals surface area (Å²) in [5.74, 6) is -0.700. The quantitative estimate of drug-likeness (QED) is 0.319. The first-order chi connectivity index (χ1) is 12.9. The number of imide groups is 1. The molecule has 2 fully saturated rings. The van der Waals surface area contributed by atoms with Crippen LogP contribution in [0.2, 0.25) is 0 Å². The topological polar surface area (TPSA) is 111 Å². The number of thiocarbonyl (C=S) groups is 1. The number of nitrogens with one attached hydrogen (secondary N) is 2. The maximum Gasteiger partial charge on any atom is 0.312 e. The number of thioether (sulfide) groups is 2. The van der Waals surface area contributed by atoms with Gasteiger partial charge in [-0.3, -0.25) is 24.5 Å². The average Bonchev–Trinajstić information content (AvgIpc) is 3.09. The zero-order valence-electron chi connectivity index (χ0n) is 13.8. The van der Waals surface area contributed by atoms with E-state index in [2.05, 4.69) is 10.6 Å². The molecule has 3 amide bonds. The summed E-state index contributed by atoms with van der Waals surface area (Å²) in [5, 5.41) is 3.11. The molecule has 0 aromatic heterocycles. The molecule has 1 unspecified atom stereocenters. The van der Waals surface area contributed by atoms with E-state index in [1.54, 1.807) is 18.2 Å². The number of carbonyl (C=O) groups is 4. The summed E-state index contributed by atoms with van der Waals surface area (Å²) in [5.41, 5.74) is 0.698. The van der Waals surface area contributed by atoms with Crippen LogP contribution in [-0.2, 0) is 9.59 Å². The summed E-state index contributed by atoms with van der Waals surface area (Å²) >= 11 is 6.81. The highest BCUT2D eigenvalue weighted by Crippen LogP contribution is 2.32. The molecule has 2 heterocycles. The number of hydrogen-bond donors (Lipinski definition) is 2. The lowest BCUT2D eigenvalue weighted by molar-refractivity contribution is -0.136. The fourth-order valence-corrected chi connectivity index (χ4v) is 4.11. The van der Waals surface area contributed by atoms with Crippen molar-refractivity contribution < 1.29 is 28.7 Å². The van der Waals surface area contributed by atoms with Gasteiger partial charge in [0.25, 0.3) is 10.5 Å². The third-order valence-corrected chi connectivity index (χ3v) is 5.73. The maximum absolute atomic E-state index is 12.1. The van der Waals surface area contributed by atoms with Crippen LogP contribution in [0.5, 0.6) is 11.5 Å². The summed E-state index contributed by atoms with van der Waals surface area (Å²) in [7, 11) is 1.42. The number of amides is 3. The Bertz CT molecular complexity index is 898. The average molecular weight is 424 g/mol. The van der Waals surface area contributed by atoms with Gasteiger partial charge in [-0.15, -0.1) is 0 Å². The van der Waals surface area contributed by atoms with Crippen LogP contribution in [0, 0.1) is 0 Å². The van der Waals surface area contributed by atoms with E-state index in [4.69, 9.17) is 21.7 Å². The first-order valence-corrected chi connectivity index (χ1v) is 9.61. The minimum atomic E-state index is -0.801. The van der Waals surface area contributed by atoms with Crippen LogP contribution < -0.4 is 20.1 Å². The molecule has 8 nitrogen and oxygen atoms in total. The molecule has 0 saturated carbocycles. The molecule has 27 heavy (non-hydrogen) atoms. The molecule has 3 rings (SSSR count). The standard InChI is InChI=1S/C16H12N2O6S3/c1-23-9-4-7(5-11-14(25)18-16(22)27-11)2-3-8(9)24-12(19)6-10-13(20)17-15(21)26-10/h2-5,10H,6H2,1H3,(H,17,20,21)(H,18,22,25)/b11-5-. The second kappa shape index (κ2) is 8.11. The number of ether oxygens (including phenoxy) is 2. The van der Waals surface area contributed by atoms with Crippen LogP contribution >= 0.6 is 35.7 Å². The number of hydrogen-bond acceptors (Lipinski definition) is 9. The molecule has 0 bridgehead atoms. The van der Waals surface area contributed by atoms with Gasteiger partial charge in [-0.05, 0) is 35.5 Å². The van der Waals surface area contributed by atoms with E-state index < -0.39 is 22.4 Å². The Morgan fingerprint density at radius 1 is 1.22 bits per heavy atom. The second-order valence-electron chi connectivity index (χ2n) is 5.32. The first kappa shape index (κ1) is 19.4. The van der Waals surface area contributed by atoms with E-state index in [-0.39, 0.29) is 17.4 Å². The fraction of sp³-hybridized carbons (Fsp3) is 0.188. The Labute approximate surface area is 167 Å². The Kier molecular flexibility index (Phi) is 5.82. The van der Waals surface area contributed by atoms with Gasteiger partial charge in [-0.25, -0.2) is 0 Å². The van der Waals surface area contributed by atoms with Gasteiger partial charge in [-0.2, -0.15) is 0 Å².